The van der Waals surface area contributed by atoms with Crippen LogP contribution in [0.25, 0.3) is 0 Å². The van der Waals surface area contributed by atoms with Crippen molar-refractivity contribution in [3.8, 4) is 0 Å². The highest BCUT2D eigenvalue weighted by Crippen LogP contribution is 2.20. The van der Waals surface area contributed by atoms with Gasteiger partial charge in [0, 0.05) is 19.1 Å². The minimum absolute atomic E-state index is 0.786. The van der Waals surface area contributed by atoms with Gasteiger partial charge in [0.15, 0.2) is 0 Å². The standard InChI is InChI=1S/C14H20N2/c1-2-14(3-1)16-9-11-4-5-12-6-7-15-10-13(12)8-11/h4-5,8,14-16H,1-3,6-7,9-10H2. The third kappa shape index (κ3) is 2.13. The molecule has 0 saturated heterocycles. The molecule has 1 aromatic carbocycles. The molecule has 1 aliphatic heterocycles. The summed E-state index contributed by atoms with van der Waals surface area (Å²) in [7, 11) is 0. The second-order valence-corrected chi connectivity index (χ2v) is 5.04. The Kier molecular flexibility index (Phi) is 2.94. The van der Waals surface area contributed by atoms with E-state index in [1.165, 1.54) is 42.4 Å². The lowest BCUT2D eigenvalue weighted by Gasteiger charge is -2.27. The molecule has 0 aromatic heterocycles. The van der Waals surface area contributed by atoms with Gasteiger partial charge >= 0.3 is 0 Å². The molecule has 3 rings (SSSR count). The van der Waals surface area contributed by atoms with Gasteiger partial charge in [-0.15, -0.1) is 0 Å². The molecule has 2 N–H and O–H groups in total. The van der Waals surface area contributed by atoms with Gasteiger partial charge in [0.2, 0.25) is 0 Å². The molecule has 0 bridgehead atoms. The summed E-state index contributed by atoms with van der Waals surface area (Å²) >= 11 is 0. The SMILES string of the molecule is c1cc2c(cc1CNC1CCC1)CNCC2. The second-order valence-electron chi connectivity index (χ2n) is 5.04. The summed E-state index contributed by atoms with van der Waals surface area (Å²) in [6.45, 7) is 3.22. The van der Waals surface area contributed by atoms with E-state index in [0.717, 1.165) is 25.7 Å². The van der Waals surface area contributed by atoms with Crippen molar-refractivity contribution >= 4 is 0 Å². The van der Waals surface area contributed by atoms with Crippen LogP contribution in [0, 0.1) is 0 Å². The maximum Gasteiger partial charge on any atom is 0.0208 e. The van der Waals surface area contributed by atoms with Crippen LogP contribution in [0.3, 0.4) is 0 Å². The maximum atomic E-state index is 3.62. The molecule has 0 radical (unpaired) electrons. The van der Waals surface area contributed by atoms with Crippen LogP contribution in [0.4, 0.5) is 0 Å². The predicted octanol–water partition coefficient (Wildman–Crippen LogP) is 1.97. The summed E-state index contributed by atoms with van der Waals surface area (Å²) < 4.78 is 0. The molecule has 16 heavy (non-hydrogen) atoms. The van der Waals surface area contributed by atoms with Crippen LogP contribution in [-0.2, 0) is 19.5 Å². The fourth-order valence-corrected chi connectivity index (χ4v) is 2.52. The second kappa shape index (κ2) is 4.56. The highest BCUT2D eigenvalue weighted by Gasteiger charge is 2.16. The molecule has 86 valence electrons. The van der Waals surface area contributed by atoms with Crippen LogP contribution in [-0.4, -0.2) is 12.6 Å². The van der Waals surface area contributed by atoms with E-state index in [9.17, 15) is 0 Å². The van der Waals surface area contributed by atoms with E-state index in [4.69, 9.17) is 0 Å². The minimum atomic E-state index is 0.786. The summed E-state index contributed by atoms with van der Waals surface area (Å²) in [4.78, 5) is 0. The van der Waals surface area contributed by atoms with Gasteiger partial charge in [0.05, 0.1) is 0 Å². The Morgan fingerprint density at radius 2 is 2.19 bits per heavy atom. The van der Waals surface area contributed by atoms with Gasteiger partial charge in [-0.05, 0) is 42.5 Å². The largest absolute Gasteiger partial charge is 0.312 e. The smallest absolute Gasteiger partial charge is 0.0208 e. The molecule has 1 aromatic rings. The summed E-state index contributed by atoms with van der Waals surface area (Å²) in [5.74, 6) is 0. The first kappa shape index (κ1) is 10.3. The first-order valence-corrected chi connectivity index (χ1v) is 6.46. The molecule has 2 aliphatic rings. The Bertz CT molecular complexity index is 369. The lowest BCUT2D eigenvalue weighted by atomic mass is 9.92. The Morgan fingerprint density at radius 3 is 3.00 bits per heavy atom. The quantitative estimate of drug-likeness (QED) is 0.807. The topological polar surface area (TPSA) is 24.1 Å². The molecular weight excluding hydrogens is 196 g/mol. The van der Waals surface area contributed by atoms with Gasteiger partial charge in [-0.2, -0.15) is 0 Å². The summed E-state index contributed by atoms with van der Waals surface area (Å²) in [5.41, 5.74) is 4.47. The molecule has 1 aliphatic carbocycles. The number of fused-ring (bicyclic) bond motifs is 1. The average molecular weight is 216 g/mol. The first-order valence-electron chi connectivity index (χ1n) is 6.46. The Balaban J connectivity index is 1.65. The molecule has 1 saturated carbocycles. The van der Waals surface area contributed by atoms with Crippen LogP contribution in [0.1, 0.15) is 36.0 Å². The molecule has 0 unspecified atom stereocenters. The number of hydrogen-bond donors (Lipinski definition) is 2. The third-order valence-electron chi connectivity index (χ3n) is 3.86. The van der Waals surface area contributed by atoms with Crippen molar-refractivity contribution in [2.24, 2.45) is 0 Å². The van der Waals surface area contributed by atoms with Crippen molar-refractivity contribution in [2.45, 2.75) is 44.8 Å². The van der Waals surface area contributed by atoms with Crippen LogP contribution in [0.15, 0.2) is 18.2 Å². The normalized spacial score (nSPS) is 20.2. The fraction of sp³-hybridized carbons (Fsp3) is 0.571. The zero-order valence-electron chi connectivity index (χ0n) is 9.76. The number of rotatable bonds is 3. The maximum absolute atomic E-state index is 3.62. The monoisotopic (exact) mass is 216 g/mol. The van der Waals surface area contributed by atoms with Crippen molar-refractivity contribution in [3.63, 3.8) is 0 Å². The Morgan fingerprint density at radius 1 is 1.25 bits per heavy atom. The molecule has 1 heterocycles. The van der Waals surface area contributed by atoms with Crippen LogP contribution < -0.4 is 10.6 Å². The van der Waals surface area contributed by atoms with Crippen LogP contribution >= 0.6 is 0 Å². The zero-order chi connectivity index (χ0) is 10.8. The van der Waals surface area contributed by atoms with Gasteiger partial charge < -0.3 is 10.6 Å². The molecule has 0 atom stereocenters. The van der Waals surface area contributed by atoms with Gasteiger partial charge in [-0.3, -0.25) is 0 Å². The lowest BCUT2D eigenvalue weighted by molar-refractivity contribution is 0.338. The minimum Gasteiger partial charge on any atom is -0.312 e. The summed E-state index contributed by atoms with van der Waals surface area (Å²) in [6.07, 6.45) is 5.33. The molecule has 1 fully saturated rings. The summed E-state index contributed by atoms with van der Waals surface area (Å²) in [5, 5.41) is 7.06. The number of benzene rings is 1. The summed E-state index contributed by atoms with van der Waals surface area (Å²) in [6, 6.07) is 7.76. The van der Waals surface area contributed by atoms with Crippen LogP contribution in [0.5, 0.6) is 0 Å². The lowest BCUT2D eigenvalue weighted by Crippen LogP contribution is -2.34. The highest BCUT2D eigenvalue weighted by molar-refractivity contribution is 5.33. The molecule has 2 nitrogen and oxygen atoms in total. The van der Waals surface area contributed by atoms with Crippen LogP contribution in [0.2, 0.25) is 0 Å². The van der Waals surface area contributed by atoms with E-state index in [-0.39, 0.29) is 0 Å². The van der Waals surface area contributed by atoms with Crippen molar-refractivity contribution in [1.82, 2.24) is 10.6 Å². The number of hydrogen-bond acceptors (Lipinski definition) is 2. The van der Waals surface area contributed by atoms with E-state index >= 15 is 0 Å². The highest BCUT2D eigenvalue weighted by atomic mass is 14.9. The van der Waals surface area contributed by atoms with E-state index in [0.29, 0.717) is 0 Å². The fourth-order valence-electron chi connectivity index (χ4n) is 2.52. The van der Waals surface area contributed by atoms with Gasteiger partial charge in [0.25, 0.3) is 0 Å². The molecular formula is C14H20N2. The Labute approximate surface area is 97.4 Å². The van der Waals surface area contributed by atoms with E-state index < -0.39 is 0 Å². The van der Waals surface area contributed by atoms with Crippen molar-refractivity contribution < 1.29 is 0 Å². The van der Waals surface area contributed by atoms with Crippen molar-refractivity contribution in [2.75, 3.05) is 6.54 Å². The first-order chi connectivity index (χ1) is 7.92. The van der Waals surface area contributed by atoms with Gasteiger partial charge in [0.1, 0.15) is 0 Å². The predicted molar refractivity (Wildman–Crippen MR) is 66.3 cm³/mol. The third-order valence-corrected chi connectivity index (χ3v) is 3.86. The molecule has 2 heteroatoms. The number of nitrogens with one attached hydrogen (secondary N) is 2. The average Bonchev–Trinajstić information content (AvgIpc) is 2.27. The molecule has 0 amide bonds. The van der Waals surface area contributed by atoms with E-state index in [1.807, 2.05) is 0 Å². The van der Waals surface area contributed by atoms with Crippen molar-refractivity contribution in [3.05, 3.63) is 34.9 Å². The van der Waals surface area contributed by atoms with E-state index in [1.54, 1.807) is 0 Å². The zero-order valence-corrected chi connectivity index (χ0v) is 9.76. The Hall–Kier alpha value is -0.860. The van der Waals surface area contributed by atoms with Gasteiger partial charge in [-0.1, -0.05) is 24.6 Å². The van der Waals surface area contributed by atoms with E-state index in [2.05, 4.69) is 28.8 Å². The molecule has 0 spiro atoms. The van der Waals surface area contributed by atoms with Gasteiger partial charge in [-0.25, -0.2) is 0 Å². The van der Waals surface area contributed by atoms with Crippen molar-refractivity contribution in [1.29, 1.82) is 0 Å².